The Morgan fingerprint density at radius 1 is 1.45 bits per heavy atom. The van der Waals surface area contributed by atoms with Crippen LogP contribution >= 0.6 is 22.9 Å². The van der Waals surface area contributed by atoms with Crippen molar-refractivity contribution in [3.8, 4) is 0 Å². The summed E-state index contributed by atoms with van der Waals surface area (Å²) in [5.41, 5.74) is 0.798. The fourth-order valence-electron chi connectivity index (χ4n) is 2.83. The average Bonchev–Trinajstić information content (AvgIpc) is 2.92. The molecular formula is C13H21ClN2O2S2. The Balaban J connectivity index is 2.35. The SMILES string of the molecule is Cc1csc(CCl)c1S(=O)(=O)N1CC(C)C(N(C)C)C1. The maximum atomic E-state index is 12.9. The lowest BCUT2D eigenvalue weighted by Crippen LogP contribution is -2.36. The topological polar surface area (TPSA) is 40.6 Å². The van der Waals surface area contributed by atoms with E-state index >= 15 is 0 Å². The third-order valence-corrected chi connectivity index (χ3v) is 7.63. The van der Waals surface area contributed by atoms with E-state index in [9.17, 15) is 8.42 Å². The summed E-state index contributed by atoms with van der Waals surface area (Å²) in [7, 11) is 0.559. The Morgan fingerprint density at radius 3 is 2.60 bits per heavy atom. The molecular weight excluding hydrogens is 316 g/mol. The maximum Gasteiger partial charge on any atom is 0.244 e. The standard InChI is InChI=1S/C13H21ClN2O2S2/c1-9-6-16(7-11(9)15(3)4)20(17,18)13-10(2)8-19-12(13)5-14/h8-9,11H,5-7H2,1-4H3. The smallest absolute Gasteiger partial charge is 0.244 e. The summed E-state index contributed by atoms with van der Waals surface area (Å²) >= 11 is 7.31. The highest BCUT2D eigenvalue weighted by Gasteiger charge is 2.39. The number of sulfonamides is 1. The zero-order valence-electron chi connectivity index (χ0n) is 12.3. The van der Waals surface area contributed by atoms with Crippen LogP contribution in [0.5, 0.6) is 0 Å². The molecule has 2 rings (SSSR count). The van der Waals surface area contributed by atoms with Crippen LogP contribution in [0.1, 0.15) is 17.4 Å². The predicted octanol–water partition coefficient (Wildman–Crippen LogP) is 2.37. The van der Waals surface area contributed by atoms with Crippen LogP contribution in [0.2, 0.25) is 0 Å². The highest BCUT2D eigenvalue weighted by molar-refractivity contribution is 7.89. The van der Waals surface area contributed by atoms with E-state index in [1.54, 1.807) is 4.31 Å². The van der Waals surface area contributed by atoms with E-state index in [4.69, 9.17) is 11.6 Å². The lowest BCUT2D eigenvalue weighted by atomic mass is 10.1. The molecule has 0 saturated carbocycles. The summed E-state index contributed by atoms with van der Waals surface area (Å²) in [4.78, 5) is 3.26. The third-order valence-electron chi connectivity index (χ3n) is 3.91. The van der Waals surface area contributed by atoms with E-state index in [2.05, 4.69) is 11.8 Å². The Bertz CT molecular complexity index is 583. The average molecular weight is 337 g/mol. The van der Waals surface area contributed by atoms with Crippen LogP contribution in [0.25, 0.3) is 0 Å². The van der Waals surface area contributed by atoms with Crippen LogP contribution in [0.15, 0.2) is 10.3 Å². The first-order valence-corrected chi connectivity index (χ1v) is 9.44. The number of hydrogen-bond acceptors (Lipinski definition) is 4. The van der Waals surface area contributed by atoms with Gasteiger partial charge in [0, 0.05) is 24.0 Å². The zero-order valence-corrected chi connectivity index (χ0v) is 14.6. The number of alkyl halides is 1. The van der Waals surface area contributed by atoms with Gasteiger partial charge in [0.2, 0.25) is 10.0 Å². The van der Waals surface area contributed by atoms with Gasteiger partial charge in [0.05, 0.1) is 5.88 Å². The summed E-state index contributed by atoms with van der Waals surface area (Å²) in [5, 5.41) is 1.87. The molecule has 0 bridgehead atoms. The van der Waals surface area contributed by atoms with Gasteiger partial charge in [0.25, 0.3) is 0 Å². The molecule has 1 saturated heterocycles. The number of rotatable bonds is 4. The van der Waals surface area contributed by atoms with Gasteiger partial charge >= 0.3 is 0 Å². The molecule has 2 unspecified atom stereocenters. The normalized spacial score (nSPS) is 24.7. The van der Waals surface area contributed by atoms with Gasteiger partial charge < -0.3 is 4.90 Å². The van der Waals surface area contributed by atoms with Crippen LogP contribution in [-0.2, 0) is 15.9 Å². The second-order valence-electron chi connectivity index (χ2n) is 5.63. The van der Waals surface area contributed by atoms with Gasteiger partial charge in [-0.05, 0) is 37.9 Å². The van der Waals surface area contributed by atoms with Crippen molar-refractivity contribution >= 4 is 33.0 Å². The highest BCUT2D eigenvalue weighted by atomic mass is 35.5. The zero-order chi connectivity index (χ0) is 15.1. The van der Waals surface area contributed by atoms with Crippen molar-refractivity contribution in [3.05, 3.63) is 15.8 Å². The molecule has 1 aromatic heterocycles. The van der Waals surface area contributed by atoms with Crippen LogP contribution in [0, 0.1) is 12.8 Å². The Kier molecular flexibility index (Phi) is 4.81. The molecule has 1 aliphatic rings. The predicted molar refractivity (Wildman–Crippen MR) is 84.0 cm³/mol. The molecule has 0 aromatic carbocycles. The molecule has 114 valence electrons. The number of halogens is 1. The molecule has 2 heterocycles. The van der Waals surface area contributed by atoms with E-state index in [-0.39, 0.29) is 11.9 Å². The summed E-state index contributed by atoms with van der Waals surface area (Å²) in [6.07, 6.45) is 0. The largest absolute Gasteiger partial charge is 0.305 e. The fraction of sp³-hybridized carbons (Fsp3) is 0.692. The van der Waals surface area contributed by atoms with E-state index in [1.165, 1.54) is 11.3 Å². The van der Waals surface area contributed by atoms with Gasteiger partial charge in [-0.3, -0.25) is 0 Å². The van der Waals surface area contributed by atoms with Crippen molar-refractivity contribution in [2.24, 2.45) is 5.92 Å². The van der Waals surface area contributed by atoms with Crippen molar-refractivity contribution in [2.75, 3.05) is 27.2 Å². The van der Waals surface area contributed by atoms with E-state index < -0.39 is 10.0 Å². The Morgan fingerprint density at radius 2 is 2.10 bits per heavy atom. The summed E-state index contributed by atoms with van der Waals surface area (Å²) < 4.78 is 27.3. The van der Waals surface area contributed by atoms with E-state index in [0.29, 0.717) is 23.9 Å². The minimum absolute atomic E-state index is 0.244. The summed E-state index contributed by atoms with van der Waals surface area (Å²) in [6, 6.07) is 0.267. The molecule has 0 aliphatic carbocycles. The van der Waals surface area contributed by atoms with Crippen molar-refractivity contribution in [1.29, 1.82) is 0 Å². The molecule has 20 heavy (non-hydrogen) atoms. The molecule has 1 fully saturated rings. The van der Waals surface area contributed by atoms with Crippen molar-refractivity contribution in [3.63, 3.8) is 0 Å². The van der Waals surface area contributed by atoms with Crippen molar-refractivity contribution < 1.29 is 8.42 Å². The fourth-order valence-corrected chi connectivity index (χ4v) is 6.40. The first-order valence-electron chi connectivity index (χ1n) is 6.58. The lowest BCUT2D eigenvalue weighted by Gasteiger charge is -2.22. The number of likely N-dealkylation sites (N-methyl/N-ethyl adjacent to an activating group) is 1. The molecule has 2 atom stereocenters. The minimum Gasteiger partial charge on any atom is -0.305 e. The van der Waals surface area contributed by atoms with Gasteiger partial charge in [-0.2, -0.15) is 4.31 Å². The van der Waals surface area contributed by atoms with Crippen molar-refractivity contribution in [2.45, 2.75) is 30.7 Å². The van der Waals surface area contributed by atoms with E-state index in [1.807, 2.05) is 26.4 Å². The van der Waals surface area contributed by atoms with Gasteiger partial charge in [0.15, 0.2) is 0 Å². The number of aryl methyl sites for hydroxylation is 1. The van der Waals surface area contributed by atoms with Gasteiger partial charge in [0.1, 0.15) is 4.90 Å². The van der Waals surface area contributed by atoms with Gasteiger partial charge in [-0.25, -0.2) is 8.42 Å². The third kappa shape index (κ3) is 2.76. The lowest BCUT2D eigenvalue weighted by molar-refractivity contribution is 0.263. The summed E-state index contributed by atoms with van der Waals surface area (Å²) in [5.74, 6) is 0.575. The van der Waals surface area contributed by atoms with Crippen LogP contribution in [0.4, 0.5) is 0 Å². The number of thiophene rings is 1. The Labute approximate surface area is 130 Å². The first-order chi connectivity index (χ1) is 9.28. The van der Waals surface area contributed by atoms with Crippen LogP contribution < -0.4 is 0 Å². The van der Waals surface area contributed by atoms with Crippen LogP contribution in [0.3, 0.4) is 0 Å². The van der Waals surface area contributed by atoms with Gasteiger partial charge in [-0.1, -0.05) is 6.92 Å². The second-order valence-corrected chi connectivity index (χ2v) is 8.74. The molecule has 1 aliphatic heterocycles. The molecule has 0 spiro atoms. The number of hydrogen-bond donors (Lipinski definition) is 0. The van der Waals surface area contributed by atoms with Gasteiger partial charge in [-0.15, -0.1) is 22.9 Å². The maximum absolute atomic E-state index is 12.9. The quantitative estimate of drug-likeness (QED) is 0.793. The molecule has 1 aromatic rings. The molecule has 0 N–H and O–H groups in total. The van der Waals surface area contributed by atoms with Crippen LogP contribution in [-0.4, -0.2) is 50.8 Å². The van der Waals surface area contributed by atoms with Crippen molar-refractivity contribution in [1.82, 2.24) is 9.21 Å². The first kappa shape index (κ1) is 16.2. The Hall–Kier alpha value is -0.140. The molecule has 0 radical (unpaired) electrons. The highest BCUT2D eigenvalue weighted by Crippen LogP contribution is 2.33. The summed E-state index contributed by atoms with van der Waals surface area (Å²) in [6.45, 7) is 5.06. The molecule has 4 nitrogen and oxygen atoms in total. The van der Waals surface area contributed by atoms with E-state index in [0.717, 1.165) is 10.4 Å². The number of nitrogens with zero attached hydrogens (tertiary/aromatic N) is 2. The monoisotopic (exact) mass is 336 g/mol. The molecule has 7 heteroatoms. The minimum atomic E-state index is -3.44. The molecule has 0 amide bonds. The second kappa shape index (κ2) is 5.93.